The van der Waals surface area contributed by atoms with Crippen molar-refractivity contribution in [2.24, 2.45) is 5.92 Å². The first-order valence-corrected chi connectivity index (χ1v) is 10.9. The zero-order chi connectivity index (χ0) is 19.6. The second-order valence-electron chi connectivity index (χ2n) is 8.83. The standard InChI is InChI=1S/C23H31FN2O2/c24-20-9-5-8-19(17-20)23(10-3-4-11-23)22(28)26-14-12-25(13-15-26)21(27)16-18-6-1-2-7-18/h5,8-9,17-18H,1-4,6-7,10-16H2. The molecule has 0 unspecified atom stereocenters. The molecule has 1 saturated heterocycles. The molecule has 5 heteroatoms. The van der Waals surface area contributed by atoms with Gasteiger partial charge in [-0.3, -0.25) is 9.59 Å². The maximum absolute atomic E-state index is 13.8. The zero-order valence-corrected chi connectivity index (χ0v) is 16.7. The van der Waals surface area contributed by atoms with Gasteiger partial charge in [0.05, 0.1) is 5.41 Å². The number of carbonyl (C=O) groups excluding carboxylic acids is 2. The Morgan fingerprint density at radius 1 is 0.964 bits per heavy atom. The topological polar surface area (TPSA) is 40.6 Å². The number of hydrogen-bond acceptors (Lipinski definition) is 2. The third-order valence-corrected chi connectivity index (χ3v) is 7.10. The molecule has 1 aromatic carbocycles. The van der Waals surface area contributed by atoms with E-state index in [0.29, 0.717) is 38.5 Å². The molecule has 2 amide bonds. The van der Waals surface area contributed by atoms with Gasteiger partial charge in [-0.1, -0.05) is 37.8 Å². The molecule has 1 aliphatic heterocycles. The largest absolute Gasteiger partial charge is 0.339 e. The Morgan fingerprint density at radius 2 is 1.61 bits per heavy atom. The van der Waals surface area contributed by atoms with Crippen molar-refractivity contribution in [3.8, 4) is 0 Å². The normalized spacial score (nSPS) is 22.6. The highest BCUT2D eigenvalue weighted by Gasteiger charge is 2.45. The van der Waals surface area contributed by atoms with Crippen LogP contribution in [0.5, 0.6) is 0 Å². The van der Waals surface area contributed by atoms with E-state index < -0.39 is 5.41 Å². The quantitative estimate of drug-likeness (QED) is 0.788. The van der Waals surface area contributed by atoms with Crippen molar-refractivity contribution in [3.05, 3.63) is 35.6 Å². The van der Waals surface area contributed by atoms with Gasteiger partial charge in [-0.15, -0.1) is 0 Å². The van der Waals surface area contributed by atoms with Crippen LogP contribution in [0.1, 0.15) is 63.4 Å². The lowest BCUT2D eigenvalue weighted by Crippen LogP contribution is -2.55. The highest BCUT2D eigenvalue weighted by atomic mass is 19.1. The zero-order valence-electron chi connectivity index (χ0n) is 16.7. The molecule has 3 aliphatic rings. The van der Waals surface area contributed by atoms with Crippen molar-refractivity contribution >= 4 is 11.8 Å². The summed E-state index contributed by atoms with van der Waals surface area (Å²) in [5, 5.41) is 0. The minimum Gasteiger partial charge on any atom is -0.339 e. The van der Waals surface area contributed by atoms with Gasteiger partial charge in [0.25, 0.3) is 0 Å². The lowest BCUT2D eigenvalue weighted by Gasteiger charge is -2.40. The van der Waals surface area contributed by atoms with E-state index in [1.165, 1.54) is 37.8 Å². The SMILES string of the molecule is O=C(CC1CCCC1)N1CCN(C(=O)C2(c3cccc(F)c3)CCCC2)CC1. The van der Waals surface area contributed by atoms with Crippen LogP contribution in [-0.2, 0) is 15.0 Å². The number of hydrogen-bond donors (Lipinski definition) is 0. The van der Waals surface area contributed by atoms with Crippen molar-refractivity contribution < 1.29 is 14.0 Å². The summed E-state index contributed by atoms with van der Waals surface area (Å²) in [4.78, 5) is 29.9. The third kappa shape index (κ3) is 3.81. The van der Waals surface area contributed by atoms with Crippen molar-refractivity contribution in [2.75, 3.05) is 26.2 Å². The minimum absolute atomic E-state index is 0.124. The van der Waals surface area contributed by atoms with E-state index in [2.05, 4.69) is 0 Å². The Labute approximate surface area is 167 Å². The molecule has 0 bridgehead atoms. The summed E-state index contributed by atoms with van der Waals surface area (Å²) in [5.41, 5.74) is 0.229. The summed E-state index contributed by atoms with van der Waals surface area (Å²) >= 11 is 0. The summed E-state index contributed by atoms with van der Waals surface area (Å²) in [5.74, 6) is 0.652. The average Bonchev–Trinajstić information content (AvgIpc) is 3.40. The Balaban J connectivity index is 1.40. The van der Waals surface area contributed by atoms with Gasteiger partial charge in [-0.05, 0) is 49.3 Å². The number of amides is 2. The Morgan fingerprint density at radius 3 is 2.25 bits per heavy atom. The minimum atomic E-state index is -0.585. The maximum atomic E-state index is 13.8. The molecule has 0 atom stereocenters. The molecule has 0 N–H and O–H groups in total. The van der Waals surface area contributed by atoms with Gasteiger partial charge in [-0.2, -0.15) is 0 Å². The lowest BCUT2D eigenvalue weighted by atomic mass is 9.77. The average molecular weight is 387 g/mol. The molecule has 4 rings (SSSR count). The van der Waals surface area contributed by atoms with Gasteiger partial charge < -0.3 is 9.80 Å². The van der Waals surface area contributed by atoms with E-state index >= 15 is 0 Å². The van der Waals surface area contributed by atoms with Gasteiger partial charge in [0, 0.05) is 32.6 Å². The second kappa shape index (κ2) is 8.22. The van der Waals surface area contributed by atoms with E-state index in [9.17, 15) is 14.0 Å². The van der Waals surface area contributed by atoms with Gasteiger partial charge in [0.1, 0.15) is 5.82 Å². The predicted molar refractivity (Wildman–Crippen MR) is 106 cm³/mol. The van der Waals surface area contributed by atoms with Crippen molar-refractivity contribution in [3.63, 3.8) is 0 Å². The van der Waals surface area contributed by atoms with Gasteiger partial charge in [-0.25, -0.2) is 4.39 Å². The Bertz CT molecular complexity index is 715. The van der Waals surface area contributed by atoms with E-state index in [0.717, 1.165) is 31.2 Å². The number of carbonyl (C=O) groups is 2. The molecule has 0 radical (unpaired) electrons. The summed E-state index contributed by atoms with van der Waals surface area (Å²) < 4.78 is 13.8. The van der Waals surface area contributed by atoms with Gasteiger partial charge in [0.15, 0.2) is 0 Å². The van der Waals surface area contributed by atoms with E-state index in [4.69, 9.17) is 0 Å². The fourth-order valence-electron chi connectivity index (χ4n) is 5.44. The first-order chi connectivity index (χ1) is 13.6. The molecule has 1 heterocycles. The first-order valence-electron chi connectivity index (χ1n) is 10.9. The van der Waals surface area contributed by atoms with Crippen LogP contribution >= 0.6 is 0 Å². The molecular formula is C23H31FN2O2. The Hall–Kier alpha value is -1.91. The van der Waals surface area contributed by atoms with Crippen LogP contribution in [-0.4, -0.2) is 47.8 Å². The molecule has 0 aromatic heterocycles. The summed E-state index contributed by atoms with van der Waals surface area (Å²) in [6.07, 6.45) is 9.11. The predicted octanol–water partition coefficient (Wildman–Crippen LogP) is 3.89. The van der Waals surface area contributed by atoms with Gasteiger partial charge in [0.2, 0.25) is 11.8 Å². The van der Waals surface area contributed by atoms with E-state index in [1.54, 1.807) is 6.07 Å². The number of rotatable bonds is 4. The van der Waals surface area contributed by atoms with E-state index in [1.807, 2.05) is 15.9 Å². The molecule has 152 valence electrons. The summed E-state index contributed by atoms with van der Waals surface area (Å²) in [6.45, 7) is 2.42. The van der Waals surface area contributed by atoms with Crippen LogP contribution in [0.3, 0.4) is 0 Å². The second-order valence-corrected chi connectivity index (χ2v) is 8.83. The molecule has 2 aliphatic carbocycles. The van der Waals surface area contributed by atoms with Crippen molar-refractivity contribution in [1.82, 2.24) is 9.80 Å². The van der Waals surface area contributed by atoms with Crippen LogP contribution < -0.4 is 0 Å². The smallest absolute Gasteiger partial charge is 0.233 e. The first kappa shape index (κ1) is 19.4. The van der Waals surface area contributed by atoms with Crippen molar-refractivity contribution in [2.45, 2.75) is 63.2 Å². The van der Waals surface area contributed by atoms with Gasteiger partial charge >= 0.3 is 0 Å². The van der Waals surface area contributed by atoms with E-state index in [-0.39, 0.29) is 17.6 Å². The van der Waals surface area contributed by atoms with Crippen LogP contribution in [0.15, 0.2) is 24.3 Å². The third-order valence-electron chi connectivity index (χ3n) is 7.10. The van der Waals surface area contributed by atoms with Crippen LogP contribution in [0, 0.1) is 11.7 Å². The lowest BCUT2D eigenvalue weighted by molar-refractivity contribution is -0.143. The number of benzene rings is 1. The molecule has 1 aromatic rings. The van der Waals surface area contributed by atoms with Crippen LogP contribution in [0.4, 0.5) is 4.39 Å². The molecule has 2 saturated carbocycles. The summed E-state index contributed by atoms with van der Waals surface area (Å²) in [7, 11) is 0. The summed E-state index contributed by atoms with van der Waals surface area (Å²) in [6, 6.07) is 6.57. The molecule has 3 fully saturated rings. The molecular weight excluding hydrogens is 355 g/mol. The molecule has 0 spiro atoms. The van der Waals surface area contributed by atoms with Crippen LogP contribution in [0.25, 0.3) is 0 Å². The molecule has 4 nitrogen and oxygen atoms in total. The number of piperazine rings is 1. The fourth-order valence-corrected chi connectivity index (χ4v) is 5.44. The number of halogens is 1. The highest BCUT2D eigenvalue weighted by Crippen LogP contribution is 2.43. The molecule has 28 heavy (non-hydrogen) atoms. The monoisotopic (exact) mass is 386 g/mol. The number of nitrogens with zero attached hydrogens (tertiary/aromatic N) is 2. The maximum Gasteiger partial charge on any atom is 0.233 e. The fraction of sp³-hybridized carbons (Fsp3) is 0.652. The van der Waals surface area contributed by atoms with Crippen LogP contribution in [0.2, 0.25) is 0 Å². The highest BCUT2D eigenvalue weighted by molar-refractivity contribution is 5.89. The van der Waals surface area contributed by atoms with Crippen molar-refractivity contribution in [1.29, 1.82) is 0 Å². The Kier molecular flexibility index (Phi) is 5.70.